The van der Waals surface area contributed by atoms with Gasteiger partial charge in [0.1, 0.15) is 5.60 Å². The van der Waals surface area contributed by atoms with Crippen LogP contribution < -0.4 is 5.32 Å². The minimum atomic E-state index is -0.542. The third-order valence-corrected chi connectivity index (χ3v) is 5.90. The van der Waals surface area contributed by atoms with E-state index in [-0.39, 0.29) is 29.6 Å². The second kappa shape index (κ2) is 6.01. The van der Waals surface area contributed by atoms with Crippen LogP contribution in [0, 0.1) is 0 Å². The lowest BCUT2D eigenvalue weighted by atomic mass is 9.65. The van der Waals surface area contributed by atoms with E-state index in [0.29, 0.717) is 18.5 Å². The summed E-state index contributed by atoms with van der Waals surface area (Å²) in [6.45, 7) is 6.24. The van der Waals surface area contributed by atoms with Gasteiger partial charge in [0.2, 0.25) is 0 Å². The van der Waals surface area contributed by atoms with Crippen LogP contribution in [0.5, 0.6) is 0 Å². The molecule has 1 aromatic rings. The Morgan fingerprint density at radius 1 is 1.26 bits per heavy atom. The van der Waals surface area contributed by atoms with E-state index >= 15 is 0 Å². The molecule has 1 aliphatic carbocycles. The van der Waals surface area contributed by atoms with Gasteiger partial charge in [-0.3, -0.25) is 0 Å². The van der Waals surface area contributed by atoms with Crippen LogP contribution >= 0.6 is 0 Å². The number of benzene rings is 1. The molecule has 0 aromatic heterocycles. The van der Waals surface area contributed by atoms with Gasteiger partial charge in [-0.1, -0.05) is 24.3 Å². The summed E-state index contributed by atoms with van der Waals surface area (Å²) in [5, 5.41) is 3.52. The number of para-hydroxylation sites is 1. The van der Waals surface area contributed by atoms with Crippen molar-refractivity contribution in [2.24, 2.45) is 0 Å². The molecule has 6 nitrogen and oxygen atoms in total. The van der Waals surface area contributed by atoms with Gasteiger partial charge in [-0.2, -0.15) is 0 Å². The number of nitrogens with zero attached hydrogens (tertiary/aromatic N) is 1. The molecule has 27 heavy (non-hydrogen) atoms. The van der Waals surface area contributed by atoms with Crippen LogP contribution in [0.4, 0.5) is 10.5 Å². The normalized spacial score (nSPS) is 28.4. The Bertz CT molecular complexity index is 826. The monoisotopic (exact) mass is 370 g/mol. The van der Waals surface area contributed by atoms with Crippen molar-refractivity contribution in [2.45, 2.75) is 56.7 Å². The minimum Gasteiger partial charge on any atom is -0.466 e. The van der Waals surface area contributed by atoms with Crippen molar-refractivity contribution in [1.29, 1.82) is 0 Å². The fourth-order valence-corrected chi connectivity index (χ4v) is 4.92. The molecule has 1 aromatic carbocycles. The summed E-state index contributed by atoms with van der Waals surface area (Å²) < 4.78 is 10.7. The summed E-state index contributed by atoms with van der Waals surface area (Å²) in [4.78, 5) is 27.1. The van der Waals surface area contributed by atoms with Crippen molar-refractivity contribution >= 4 is 17.7 Å². The van der Waals surface area contributed by atoms with Gasteiger partial charge in [0.05, 0.1) is 24.8 Å². The molecule has 0 radical (unpaired) electrons. The number of fused-ring (bicyclic) bond motifs is 1. The van der Waals surface area contributed by atoms with E-state index in [4.69, 9.17) is 9.47 Å². The number of carbonyl (C=O) groups excluding carboxylic acids is 2. The molecular formula is C21H26N2O4. The summed E-state index contributed by atoms with van der Waals surface area (Å²) >= 11 is 0. The Morgan fingerprint density at radius 3 is 2.70 bits per heavy atom. The van der Waals surface area contributed by atoms with E-state index in [0.717, 1.165) is 12.1 Å². The summed E-state index contributed by atoms with van der Waals surface area (Å²) in [6.07, 6.45) is 3.01. The molecule has 0 unspecified atom stereocenters. The zero-order valence-electron chi connectivity index (χ0n) is 16.2. The number of nitrogens with one attached hydrogen (secondary N) is 1. The third kappa shape index (κ3) is 2.61. The Kier molecular flexibility index (Phi) is 3.98. The van der Waals surface area contributed by atoms with Crippen molar-refractivity contribution in [3.63, 3.8) is 0 Å². The molecule has 4 rings (SSSR count). The molecule has 1 saturated heterocycles. The van der Waals surface area contributed by atoms with Gasteiger partial charge < -0.3 is 19.7 Å². The molecule has 2 heterocycles. The standard InChI is InChI=1S/C21H26N2O4/c1-20(2,3)27-19(25)23-12-11-21-14-7-5-6-8-15(14)22-17(21)13(18(24)26-4)9-10-16(21)23/h5-9,16-17,22H,10-12H2,1-4H3/t16-,17-,21+/m0/s1. The van der Waals surface area contributed by atoms with Gasteiger partial charge in [-0.15, -0.1) is 0 Å². The SMILES string of the molecule is COC(=O)C1=CC[C@@H]2N(C(=O)OC(C)(C)C)CC[C@@]23c2ccccc2N[C@@H]13. The topological polar surface area (TPSA) is 67.9 Å². The number of likely N-dealkylation sites (tertiary alicyclic amines) is 1. The summed E-state index contributed by atoms with van der Waals surface area (Å²) in [5.41, 5.74) is 1.96. The highest BCUT2D eigenvalue weighted by Crippen LogP contribution is 2.55. The second-order valence-electron chi connectivity index (χ2n) is 8.49. The minimum absolute atomic E-state index is 0.0538. The van der Waals surface area contributed by atoms with Crippen LogP contribution in [0.3, 0.4) is 0 Å². The summed E-state index contributed by atoms with van der Waals surface area (Å²) in [7, 11) is 1.41. The quantitative estimate of drug-likeness (QED) is 0.769. The number of carbonyl (C=O) groups is 2. The number of amides is 1. The number of anilines is 1. The molecule has 1 spiro atoms. The molecule has 2 aliphatic heterocycles. The van der Waals surface area contributed by atoms with Crippen LogP contribution in [-0.4, -0.2) is 48.3 Å². The number of ether oxygens (including phenoxy) is 2. The van der Waals surface area contributed by atoms with E-state index in [1.807, 2.05) is 49.9 Å². The van der Waals surface area contributed by atoms with Gasteiger partial charge in [-0.25, -0.2) is 9.59 Å². The molecule has 1 N–H and O–H groups in total. The second-order valence-corrected chi connectivity index (χ2v) is 8.49. The van der Waals surface area contributed by atoms with Crippen molar-refractivity contribution in [2.75, 3.05) is 19.0 Å². The molecule has 1 fully saturated rings. The highest BCUT2D eigenvalue weighted by atomic mass is 16.6. The lowest BCUT2D eigenvalue weighted by Gasteiger charge is -2.42. The first-order valence-corrected chi connectivity index (χ1v) is 9.42. The Balaban J connectivity index is 1.77. The molecule has 0 saturated carbocycles. The largest absolute Gasteiger partial charge is 0.466 e. The van der Waals surface area contributed by atoms with Gasteiger partial charge in [0.25, 0.3) is 0 Å². The van der Waals surface area contributed by atoms with Crippen LogP contribution in [0.25, 0.3) is 0 Å². The van der Waals surface area contributed by atoms with Crippen LogP contribution in [-0.2, 0) is 19.7 Å². The first-order valence-electron chi connectivity index (χ1n) is 9.42. The molecule has 6 heteroatoms. The highest BCUT2D eigenvalue weighted by molar-refractivity contribution is 5.93. The number of methoxy groups -OCH3 is 1. The molecule has 0 bridgehead atoms. The Hall–Kier alpha value is -2.50. The molecule has 3 aliphatic rings. The average molecular weight is 370 g/mol. The summed E-state index contributed by atoms with van der Waals surface area (Å²) in [6, 6.07) is 7.88. The summed E-state index contributed by atoms with van der Waals surface area (Å²) in [5.74, 6) is -0.311. The first-order chi connectivity index (χ1) is 12.8. The van der Waals surface area contributed by atoms with Crippen LogP contribution in [0.15, 0.2) is 35.9 Å². The lowest BCUT2D eigenvalue weighted by Crippen LogP contribution is -2.54. The molecule has 3 atom stereocenters. The van der Waals surface area contributed by atoms with Gasteiger partial charge >= 0.3 is 12.1 Å². The van der Waals surface area contributed by atoms with Gasteiger partial charge in [0, 0.05) is 17.6 Å². The Morgan fingerprint density at radius 2 is 2.00 bits per heavy atom. The number of esters is 1. The van der Waals surface area contributed by atoms with Crippen molar-refractivity contribution < 1.29 is 19.1 Å². The fourth-order valence-electron chi connectivity index (χ4n) is 4.92. The zero-order valence-corrected chi connectivity index (χ0v) is 16.2. The first kappa shape index (κ1) is 17.9. The molecule has 1 amide bonds. The van der Waals surface area contributed by atoms with Crippen molar-refractivity contribution in [3.05, 3.63) is 41.5 Å². The Labute approximate surface area is 159 Å². The zero-order chi connectivity index (χ0) is 19.4. The average Bonchev–Trinajstić information content (AvgIpc) is 3.16. The predicted octanol–water partition coefficient (Wildman–Crippen LogP) is 3.23. The smallest absolute Gasteiger partial charge is 0.410 e. The molecular weight excluding hydrogens is 344 g/mol. The van der Waals surface area contributed by atoms with Crippen molar-refractivity contribution in [3.8, 4) is 0 Å². The number of rotatable bonds is 1. The maximum absolute atomic E-state index is 12.9. The fraction of sp³-hybridized carbons (Fsp3) is 0.524. The lowest BCUT2D eigenvalue weighted by molar-refractivity contribution is -0.136. The van der Waals surface area contributed by atoms with Gasteiger partial charge in [0.15, 0.2) is 0 Å². The van der Waals surface area contributed by atoms with E-state index in [9.17, 15) is 9.59 Å². The van der Waals surface area contributed by atoms with E-state index in [1.54, 1.807) is 0 Å². The third-order valence-electron chi connectivity index (χ3n) is 5.90. The van der Waals surface area contributed by atoms with Crippen molar-refractivity contribution in [1.82, 2.24) is 4.90 Å². The van der Waals surface area contributed by atoms with E-state index in [2.05, 4.69) is 11.4 Å². The maximum atomic E-state index is 12.9. The van der Waals surface area contributed by atoms with E-state index < -0.39 is 5.60 Å². The number of hydrogen-bond acceptors (Lipinski definition) is 5. The predicted molar refractivity (Wildman–Crippen MR) is 102 cm³/mol. The number of hydrogen-bond donors (Lipinski definition) is 1. The van der Waals surface area contributed by atoms with Crippen LogP contribution in [0.1, 0.15) is 39.2 Å². The van der Waals surface area contributed by atoms with Gasteiger partial charge in [-0.05, 0) is 45.2 Å². The van der Waals surface area contributed by atoms with E-state index in [1.165, 1.54) is 12.7 Å². The highest BCUT2D eigenvalue weighted by Gasteiger charge is 2.61. The molecule has 144 valence electrons. The van der Waals surface area contributed by atoms with Crippen LogP contribution in [0.2, 0.25) is 0 Å². The maximum Gasteiger partial charge on any atom is 0.410 e.